The van der Waals surface area contributed by atoms with Crippen LogP contribution in [0.3, 0.4) is 0 Å². The van der Waals surface area contributed by atoms with Crippen molar-refractivity contribution in [3.63, 3.8) is 0 Å². The van der Waals surface area contributed by atoms with Gasteiger partial charge in [0, 0.05) is 30.9 Å². The molecule has 4 rings (SSSR count). The molecule has 174 valence electrons. The quantitative estimate of drug-likeness (QED) is 0.377. The lowest BCUT2D eigenvalue weighted by Gasteiger charge is -2.26. The molecule has 2 aliphatic heterocycles. The van der Waals surface area contributed by atoms with Crippen molar-refractivity contribution < 1.29 is 19.4 Å². The van der Waals surface area contributed by atoms with Gasteiger partial charge in [-0.2, -0.15) is 0 Å². The first kappa shape index (κ1) is 23.0. The maximum absolute atomic E-state index is 13.1. The second-order valence-electron chi connectivity index (χ2n) is 8.61. The molecule has 0 saturated carbocycles. The van der Waals surface area contributed by atoms with Crippen molar-refractivity contribution in [2.75, 3.05) is 26.2 Å². The highest BCUT2D eigenvalue weighted by atomic mass is 16.5. The maximum Gasteiger partial charge on any atom is 0.295 e. The van der Waals surface area contributed by atoms with Crippen molar-refractivity contribution >= 4 is 17.4 Å². The Kier molecular flexibility index (Phi) is 6.79. The number of nitrogens with zero attached hydrogens (tertiary/aromatic N) is 3. The Balaban J connectivity index is 1.71. The number of hydrogen-bond acceptors (Lipinski definition) is 6. The Morgan fingerprint density at radius 1 is 1.18 bits per heavy atom. The van der Waals surface area contributed by atoms with Crippen LogP contribution in [0.5, 0.6) is 5.75 Å². The molecule has 2 atom stereocenters. The molecule has 1 fully saturated rings. The van der Waals surface area contributed by atoms with E-state index in [1.165, 1.54) is 0 Å². The van der Waals surface area contributed by atoms with E-state index in [1.54, 1.807) is 35.5 Å². The molecule has 0 spiro atoms. The largest absolute Gasteiger partial charge is 0.507 e. The number of benzene rings is 1. The maximum atomic E-state index is 13.1. The molecule has 1 amide bonds. The summed E-state index contributed by atoms with van der Waals surface area (Å²) in [6, 6.07) is 8.34. The number of carbonyl (C=O) groups excluding carboxylic acids is 2. The number of amides is 1. The summed E-state index contributed by atoms with van der Waals surface area (Å²) in [4.78, 5) is 34.2. The Morgan fingerprint density at radius 3 is 2.61 bits per heavy atom. The zero-order valence-electron chi connectivity index (χ0n) is 19.5. The van der Waals surface area contributed by atoms with Gasteiger partial charge in [0.1, 0.15) is 17.6 Å². The second kappa shape index (κ2) is 9.75. The number of likely N-dealkylation sites (tertiary alicyclic amines) is 1. The van der Waals surface area contributed by atoms with Gasteiger partial charge in [0.2, 0.25) is 0 Å². The first-order valence-electron chi connectivity index (χ1n) is 11.6. The number of rotatable bonds is 8. The molecule has 3 heterocycles. The van der Waals surface area contributed by atoms with E-state index in [9.17, 15) is 14.7 Å². The number of aliphatic hydroxyl groups excluding tert-OH is 1. The van der Waals surface area contributed by atoms with Crippen LogP contribution >= 0.6 is 0 Å². The first-order chi connectivity index (χ1) is 15.9. The fourth-order valence-electron chi connectivity index (χ4n) is 4.73. The number of ether oxygens (including phenoxy) is 1. The van der Waals surface area contributed by atoms with Gasteiger partial charge in [-0.1, -0.05) is 13.8 Å². The van der Waals surface area contributed by atoms with Crippen LogP contribution in [0.15, 0.2) is 48.3 Å². The minimum atomic E-state index is -0.651. The molecule has 2 aliphatic rings. The van der Waals surface area contributed by atoms with E-state index < -0.39 is 17.7 Å². The van der Waals surface area contributed by atoms with Crippen LogP contribution in [0.1, 0.15) is 49.9 Å². The summed E-state index contributed by atoms with van der Waals surface area (Å²) < 4.78 is 5.76. The molecule has 7 nitrogen and oxygen atoms in total. The molecule has 0 aliphatic carbocycles. The molecule has 2 aromatic rings. The van der Waals surface area contributed by atoms with Gasteiger partial charge in [0.15, 0.2) is 0 Å². The molecule has 1 aromatic heterocycles. The molecular formula is C26H31N3O4. The predicted octanol–water partition coefficient (Wildman–Crippen LogP) is 3.56. The highest BCUT2D eigenvalue weighted by Crippen LogP contribution is 2.40. The zero-order valence-corrected chi connectivity index (χ0v) is 19.5. The van der Waals surface area contributed by atoms with Crippen molar-refractivity contribution in [3.05, 3.63) is 65.0 Å². The van der Waals surface area contributed by atoms with E-state index in [1.807, 2.05) is 19.1 Å². The smallest absolute Gasteiger partial charge is 0.295 e. The van der Waals surface area contributed by atoms with Crippen LogP contribution in [-0.4, -0.2) is 63.9 Å². The summed E-state index contributed by atoms with van der Waals surface area (Å²) in [5.41, 5.74) is 2.39. The predicted molar refractivity (Wildman–Crippen MR) is 126 cm³/mol. The SMILES string of the molecule is CCN(CC)CCCN1C(=O)C(=O)/C(=C(\O)c2ccc3c(c2)C[C@H](C)O3)[C@@H]1c1ccncc1. The number of pyridine rings is 1. The van der Waals surface area contributed by atoms with Crippen LogP contribution in [0, 0.1) is 0 Å². The van der Waals surface area contributed by atoms with E-state index in [4.69, 9.17) is 4.74 Å². The third-order valence-corrected chi connectivity index (χ3v) is 6.50. The number of ketones is 1. The average molecular weight is 450 g/mol. The standard InChI is InChI=1S/C26H31N3O4/c1-4-28(5-2)13-6-14-29-23(18-9-11-27-12-10-18)22(25(31)26(29)32)24(30)19-7-8-21-20(16-19)15-17(3)33-21/h7-12,16-17,23,30H,4-6,13-15H2,1-3H3/b24-22-/t17-,23-/m0/s1. The van der Waals surface area contributed by atoms with Gasteiger partial charge in [-0.25, -0.2) is 0 Å². The lowest BCUT2D eigenvalue weighted by atomic mass is 9.95. The molecule has 0 unspecified atom stereocenters. The molecule has 1 aromatic carbocycles. The van der Waals surface area contributed by atoms with Gasteiger partial charge < -0.3 is 19.6 Å². The Morgan fingerprint density at radius 2 is 1.91 bits per heavy atom. The van der Waals surface area contributed by atoms with Gasteiger partial charge in [0.05, 0.1) is 11.6 Å². The third kappa shape index (κ3) is 4.50. The number of Topliss-reactive ketones (excluding diaryl/α,β-unsaturated/α-hetero) is 1. The number of hydrogen-bond donors (Lipinski definition) is 1. The Hall–Kier alpha value is -3.19. The van der Waals surface area contributed by atoms with Crippen molar-refractivity contribution in [2.24, 2.45) is 0 Å². The summed E-state index contributed by atoms with van der Waals surface area (Å²) in [6.45, 7) is 9.34. The van der Waals surface area contributed by atoms with Crippen molar-refractivity contribution in [1.82, 2.24) is 14.8 Å². The lowest BCUT2D eigenvalue weighted by molar-refractivity contribution is -0.140. The summed E-state index contributed by atoms with van der Waals surface area (Å²) in [7, 11) is 0. The molecular weight excluding hydrogens is 418 g/mol. The topological polar surface area (TPSA) is 83.0 Å². The highest BCUT2D eigenvalue weighted by Gasteiger charge is 2.45. The molecule has 1 N–H and O–H groups in total. The zero-order chi connectivity index (χ0) is 23.5. The van der Waals surface area contributed by atoms with Crippen LogP contribution < -0.4 is 4.74 Å². The molecule has 1 saturated heterocycles. The van der Waals surface area contributed by atoms with Gasteiger partial charge in [-0.15, -0.1) is 0 Å². The fraction of sp³-hybridized carbons (Fsp3) is 0.423. The fourth-order valence-corrected chi connectivity index (χ4v) is 4.73. The van der Waals surface area contributed by atoms with Crippen LogP contribution in [0.25, 0.3) is 5.76 Å². The lowest BCUT2D eigenvalue weighted by Crippen LogP contribution is -2.33. The van der Waals surface area contributed by atoms with Gasteiger partial charge >= 0.3 is 0 Å². The highest BCUT2D eigenvalue weighted by molar-refractivity contribution is 6.46. The molecule has 33 heavy (non-hydrogen) atoms. The minimum Gasteiger partial charge on any atom is -0.507 e. The van der Waals surface area contributed by atoms with Gasteiger partial charge in [0.25, 0.3) is 11.7 Å². The molecule has 0 radical (unpaired) electrons. The Bertz CT molecular complexity index is 1060. The summed E-state index contributed by atoms with van der Waals surface area (Å²) in [5.74, 6) is -0.580. The summed E-state index contributed by atoms with van der Waals surface area (Å²) >= 11 is 0. The normalized spacial score (nSPS) is 21.5. The number of aromatic nitrogens is 1. The number of fused-ring (bicyclic) bond motifs is 1. The summed E-state index contributed by atoms with van der Waals surface area (Å²) in [5, 5.41) is 11.3. The minimum absolute atomic E-state index is 0.0746. The van der Waals surface area contributed by atoms with Gasteiger partial charge in [-0.3, -0.25) is 14.6 Å². The molecule has 7 heteroatoms. The average Bonchev–Trinajstić information content (AvgIpc) is 3.32. The first-order valence-corrected chi connectivity index (χ1v) is 11.6. The van der Waals surface area contributed by atoms with Gasteiger partial charge in [-0.05, 0) is 74.4 Å². The number of carbonyl (C=O) groups is 2. The third-order valence-electron chi connectivity index (χ3n) is 6.50. The number of aliphatic hydroxyl groups is 1. The van der Waals surface area contributed by atoms with E-state index >= 15 is 0 Å². The Labute approximate surface area is 194 Å². The van der Waals surface area contributed by atoms with E-state index in [0.29, 0.717) is 12.1 Å². The van der Waals surface area contributed by atoms with Crippen LogP contribution in [0.4, 0.5) is 0 Å². The second-order valence-corrected chi connectivity index (χ2v) is 8.61. The molecule has 0 bridgehead atoms. The summed E-state index contributed by atoms with van der Waals surface area (Å²) in [6.07, 6.45) is 4.83. The van der Waals surface area contributed by atoms with E-state index in [0.717, 1.165) is 49.4 Å². The van der Waals surface area contributed by atoms with Crippen molar-refractivity contribution in [3.8, 4) is 5.75 Å². The van der Waals surface area contributed by atoms with E-state index in [2.05, 4.69) is 23.7 Å². The monoisotopic (exact) mass is 449 g/mol. The van der Waals surface area contributed by atoms with Crippen molar-refractivity contribution in [1.29, 1.82) is 0 Å². The van der Waals surface area contributed by atoms with Crippen LogP contribution in [0.2, 0.25) is 0 Å². The van der Waals surface area contributed by atoms with Crippen molar-refractivity contribution in [2.45, 2.75) is 45.8 Å². The van der Waals surface area contributed by atoms with E-state index in [-0.39, 0.29) is 17.4 Å². The van der Waals surface area contributed by atoms with Crippen LogP contribution in [-0.2, 0) is 16.0 Å².